The van der Waals surface area contributed by atoms with Crippen LogP contribution < -0.4 is 0 Å². The highest BCUT2D eigenvalue weighted by atomic mass is 32.2. The third kappa shape index (κ3) is 4.53. The van der Waals surface area contributed by atoms with E-state index in [2.05, 4.69) is 0 Å². The van der Waals surface area contributed by atoms with Crippen molar-refractivity contribution in [3.63, 3.8) is 0 Å². The zero-order valence-electron chi connectivity index (χ0n) is 12.7. The average Bonchev–Trinajstić information content (AvgIpc) is 2.42. The first-order valence-electron chi connectivity index (χ1n) is 7.12. The maximum Gasteiger partial charge on any atom is 0.446 e. The molecule has 0 aliphatic heterocycles. The first-order valence-corrected chi connectivity index (χ1v) is 7.94. The number of rotatable bonds is 5. The zero-order valence-corrected chi connectivity index (χ0v) is 13.5. The third-order valence-corrected chi connectivity index (χ3v) is 4.48. The van der Waals surface area contributed by atoms with Gasteiger partial charge in [-0.25, -0.2) is 9.59 Å². The molecule has 0 radical (unpaired) electrons. The van der Waals surface area contributed by atoms with Gasteiger partial charge in [-0.05, 0) is 55.6 Å². The van der Waals surface area contributed by atoms with E-state index >= 15 is 0 Å². The molecule has 0 heterocycles. The second-order valence-corrected chi connectivity index (χ2v) is 6.61. The normalized spacial score (nSPS) is 17.1. The van der Waals surface area contributed by atoms with Gasteiger partial charge in [0.05, 0.1) is 0 Å². The number of ether oxygens (including phenoxy) is 1. The van der Waals surface area contributed by atoms with Crippen LogP contribution in [0.3, 0.4) is 0 Å². The monoisotopic (exact) mass is 360 g/mol. The summed E-state index contributed by atoms with van der Waals surface area (Å²) in [6.45, 7) is 1.28. The molecule has 1 saturated carbocycles. The van der Waals surface area contributed by atoms with Gasteiger partial charge in [-0.15, -0.1) is 0 Å². The summed E-state index contributed by atoms with van der Waals surface area (Å²) in [5.41, 5.74) is -4.80. The van der Waals surface area contributed by atoms with Gasteiger partial charge in [-0.3, -0.25) is 0 Å². The van der Waals surface area contributed by atoms with Crippen molar-refractivity contribution < 1.29 is 32.6 Å². The van der Waals surface area contributed by atoms with Crippen LogP contribution in [0.1, 0.15) is 31.7 Å². The summed E-state index contributed by atoms with van der Waals surface area (Å²) in [6, 6.07) is 5.68. The molecule has 1 fully saturated rings. The lowest BCUT2D eigenvalue weighted by Crippen LogP contribution is -2.38. The summed E-state index contributed by atoms with van der Waals surface area (Å²) in [5.74, 6) is -1.99. The van der Waals surface area contributed by atoms with Gasteiger partial charge in [0.25, 0.3) is 0 Å². The van der Waals surface area contributed by atoms with E-state index in [9.17, 15) is 22.8 Å². The van der Waals surface area contributed by atoms with Gasteiger partial charge < -0.3 is 9.84 Å². The second kappa shape index (κ2) is 6.88. The van der Waals surface area contributed by atoms with Gasteiger partial charge in [-0.2, -0.15) is 13.2 Å². The highest BCUT2D eigenvalue weighted by Gasteiger charge is 2.42. The molecule has 0 atom stereocenters. The minimum Gasteiger partial charge on any atom is -0.478 e. The van der Waals surface area contributed by atoms with E-state index in [4.69, 9.17) is 9.84 Å². The Bertz CT molecular complexity index is 661. The van der Waals surface area contributed by atoms with Gasteiger partial charge in [0, 0.05) is 16.5 Å². The number of benzene rings is 1. The first kappa shape index (κ1) is 18.4. The number of carboxylic acids is 1. The van der Waals surface area contributed by atoms with E-state index in [-0.39, 0.29) is 22.2 Å². The van der Waals surface area contributed by atoms with Crippen LogP contribution in [0.2, 0.25) is 0 Å². The molecule has 1 aliphatic rings. The number of thioether (sulfide) groups is 1. The molecule has 130 valence electrons. The summed E-state index contributed by atoms with van der Waals surface area (Å²) in [4.78, 5) is 22.7. The van der Waals surface area contributed by atoms with Crippen molar-refractivity contribution in [1.29, 1.82) is 0 Å². The molecule has 0 aromatic heterocycles. The molecule has 0 saturated heterocycles. The van der Waals surface area contributed by atoms with Crippen molar-refractivity contribution in [2.45, 2.75) is 42.2 Å². The Morgan fingerprint density at radius 2 is 1.83 bits per heavy atom. The fourth-order valence-electron chi connectivity index (χ4n) is 2.37. The number of halogens is 3. The van der Waals surface area contributed by atoms with Crippen LogP contribution in [0.25, 0.3) is 0 Å². The SMILES string of the molecule is C/C(=C\C(=O)OC1(c2ccc(SC(F)(F)F)cc2)CCC1)C(=O)O. The quantitative estimate of drug-likeness (QED) is 0.483. The van der Waals surface area contributed by atoms with Crippen molar-refractivity contribution in [3.05, 3.63) is 41.5 Å². The number of alkyl halides is 3. The van der Waals surface area contributed by atoms with Crippen molar-refractivity contribution in [3.8, 4) is 0 Å². The fourth-order valence-corrected chi connectivity index (χ4v) is 2.91. The second-order valence-electron chi connectivity index (χ2n) is 5.47. The van der Waals surface area contributed by atoms with E-state index in [1.165, 1.54) is 31.2 Å². The maximum atomic E-state index is 12.4. The fraction of sp³-hybridized carbons (Fsp3) is 0.375. The van der Waals surface area contributed by atoms with E-state index in [1.807, 2.05) is 0 Å². The molecule has 0 unspecified atom stereocenters. The molecular formula is C16H15F3O4S. The first-order chi connectivity index (χ1) is 11.1. The maximum absolute atomic E-state index is 12.4. The molecular weight excluding hydrogens is 345 g/mol. The Labute approximate surface area is 140 Å². The Balaban J connectivity index is 2.14. The highest BCUT2D eigenvalue weighted by molar-refractivity contribution is 8.00. The largest absolute Gasteiger partial charge is 0.478 e. The van der Waals surface area contributed by atoms with Crippen LogP contribution in [0.15, 0.2) is 40.8 Å². The van der Waals surface area contributed by atoms with Crippen LogP contribution in [-0.4, -0.2) is 22.6 Å². The molecule has 1 N–H and O–H groups in total. The average molecular weight is 360 g/mol. The number of hydrogen-bond acceptors (Lipinski definition) is 4. The topological polar surface area (TPSA) is 63.6 Å². The predicted molar refractivity (Wildman–Crippen MR) is 81.4 cm³/mol. The summed E-state index contributed by atoms with van der Waals surface area (Å²) in [7, 11) is 0. The van der Waals surface area contributed by atoms with Crippen LogP contribution in [0, 0.1) is 0 Å². The minimum atomic E-state index is -4.36. The Hall–Kier alpha value is -1.96. The van der Waals surface area contributed by atoms with Crippen molar-refractivity contribution in [2.24, 2.45) is 0 Å². The zero-order chi connectivity index (χ0) is 18.0. The molecule has 1 aromatic rings. The van der Waals surface area contributed by atoms with Gasteiger partial charge in [0.2, 0.25) is 0 Å². The van der Waals surface area contributed by atoms with Crippen LogP contribution >= 0.6 is 11.8 Å². The van der Waals surface area contributed by atoms with Crippen molar-refractivity contribution in [2.75, 3.05) is 0 Å². The highest BCUT2D eigenvalue weighted by Crippen LogP contribution is 2.46. The number of carboxylic acid groups (broad SMARTS) is 1. The lowest BCUT2D eigenvalue weighted by atomic mass is 9.75. The van der Waals surface area contributed by atoms with E-state index < -0.39 is 23.0 Å². The van der Waals surface area contributed by atoms with Gasteiger partial charge >= 0.3 is 17.4 Å². The number of aliphatic carboxylic acids is 1. The van der Waals surface area contributed by atoms with Gasteiger partial charge in [0.1, 0.15) is 5.60 Å². The third-order valence-electron chi connectivity index (χ3n) is 3.74. The Morgan fingerprint density at radius 1 is 1.25 bits per heavy atom. The van der Waals surface area contributed by atoms with Crippen molar-refractivity contribution in [1.82, 2.24) is 0 Å². The Morgan fingerprint density at radius 3 is 2.25 bits per heavy atom. The molecule has 1 aromatic carbocycles. The predicted octanol–water partition coefficient (Wildman–Crippen LogP) is 4.25. The van der Waals surface area contributed by atoms with E-state index in [1.54, 1.807) is 0 Å². The van der Waals surface area contributed by atoms with Crippen LogP contribution in [0.5, 0.6) is 0 Å². The molecule has 2 rings (SSSR count). The summed E-state index contributed by atoms with van der Waals surface area (Å²) < 4.78 is 42.5. The molecule has 0 amide bonds. The minimum absolute atomic E-state index is 0.0497. The lowest BCUT2D eigenvalue weighted by Gasteiger charge is -2.41. The molecule has 4 nitrogen and oxygen atoms in total. The van der Waals surface area contributed by atoms with E-state index in [0.29, 0.717) is 18.4 Å². The number of esters is 1. The van der Waals surface area contributed by atoms with Crippen LogP contribution in [-0.2, 0) is 19.9 Å². The molecule has 0 bridgehead atoms. The van der Waals surface area contributed by atoms with Gasteiger partial charge in [-0.1, -0.05) is 12.1 Å². The summed E-state index contributed by atoms with van der Waals surface area (Å²) >= 11 is -0.211. The number of hydrogen-bond donors (Lipinski definition) is 1. The Kier molecular flexibility index (Phi) is 5.27. The molecule has 8 heteroatoms. The standard InChI is InChI=1S/C16H15F3O4S/c1-10(14(21)22)9-13(20)23-15(7-2-8-15)11-3-5-12(6-4-11)24-16(17,18)19/h3-6,9H,2,7-8H2,1H3,(H,21,22)/b10-9+. The smallest absolute Gasteiger partial charge is 0.446 e. The lowest BCUT2D eigenvalue weighted by molar-refractivity contribution is -0.165. The van der Waals surface area contributed by atoms with E-state index in [0.717, 1.165) is 12.5 Å². The summed E-state index contributed by atoms with van der Waals surface area (Å²) in [5, 5.41) is 8.77. The number of carbonyl (C=O) groups excluding carboxylic acids is 1. The number of carbonyl (C=O) groups is 2. The summed E-state index contributed by atoms with van der Waals surface area (Å²) in [6.07, 6.45) is 2.80. The molecule has 24 heavy (non-hydrogen) atoms. The molecule has 1 aliphatic carbocycles. The van der Waals surface area contributed by atoms with Gasteiger partial charge in [0.15, 0.2) is 0 Å². The molecule has 0 spiro atoms. The van der Waals surface area contributed by atoms with Crippen molar-refractivity contribution >= 4 is 23.7 Å². The van der Waals surface area contributed by atoms with Crippen LogP contribution in [0.4, 0.5) is 13.2 Å².